The molecule has 2 heterocycles. The molecule has 16 heavy (non-hydrogen) atoms. The molecular weight excluding hydrogens is 200 g/mol. The molecule has 0 aliphatic carbocycles. The smallest absolute Gasteiger partial charge is 0.131 e. The highest BCUT2D eigenvalue weighted by molar-refractivity contribution is 5.85. The first-order chi connectivity index (χ1) is 7.77. The molecule has 0 radical (unpaired) electrons. The normalized spacial score (nSPS) is 18.0. The second-order valence-corrected chi connectivity index (χ2v) is 4.36. The van der Waals surface area contributed by atoms with E-state index in [-0.39, 0.29) is 0 Å². The number of hydrogen-bond acceptors (Lipinski definition) is 2. The highest BCUT2D eigenvalue weighted by Gasteiger charge is 2.42. The van der Waals surface area contributed by atoms with Crippen molar-refractivity contribution in [2.75, 3.05) is 13.2 Å². The second-order valence-electron chi connectivity index (χ2n) is 4.36. The summed E-state index contributed by atoms with van der Waals surface area (Å²) in [5.41, 5.74) is 1.83. The van der Waals surface area contributed by atoms with Gasteiger partial charge in [0.05, 0.1) is 19.3 Å². The summed E-state index contributed by atoms with van der Waals surface area (Å²) < 4.78 is 7.28. The average molecular weight is 212 g/mol. The minimum Gasteiger partial charge on any atom is -0.377 e. The Morgan fingerprint density at radius 1 is 1.38 bits per heavy atom. The van der Waals surface area contributed by atoms with Crippen LogP contribution in [-0.4, -0.2) is 17.8 Å². The van der Waals surface area contributed by atoms with Gasteiger partial charge in [0, 0.05) is 29.7 Å². The monoisotopic (exact) mass is 212 g/mol. The summed E-state index contributed by atoms with van der Waals surface area (Å²) in [6, 6.07) is 10.6. The Hall–Kier alpha value is -1.79. The maximum absolute atomic E-state index is 9.32. The zero-order valence-corrected chi connectivity index (χ0v) is 9.10. The van der Waals surface area contributed by atoms with Crippen LogP contribution in [0.15, 0.2) is 30.5 Å². The number of para-hydroxylation sites is 1. The molecule has 0 amide bonds. The Morgan fingerprint density at radius 3 is 2.75 bits per heavy atom. The Morgan fingerprint density at radius 2 is 2.12 bits per heavy atom. The van der Waals surface area contributed by atoms with Crippen molar-refractivity contribution >= 4 is 10.9 Å². The quantitative estimate of drug-likeness (QED) is 0.724. The molecule has 0 spiro atoms. The lowest BCUT2D eigenvalue weighted by Crippen LogP contribution is -2.45. The molecule has 0 bridgehead atoms. The van der Waals surface area contributed by atoms with Gasteiger partial charge in [0.1, 0.15) is 5.41 Å². The zero-order valence-electron chi connectivity index (χ0n) is 9.10. The molecule has 1 fully saturated rings. The summed E-state index contributed by atoms with van der Waals surface area (Å²) in [5.74, 6) is 0. The molecule has 0 atom stereocenters. The molecule has 0 saturated carbocycles. The molecule has 1 aliphatic rings. The van der Waals surface area contributed by atoms with Crippen molar-refractivity contribution < 1.29 is 4.74 Å². The van der Waals surface area contributed by atoms with E-state index < -0.39 is 5.41 Å². The zero-order chi connectivity index (χ0) is 11.2. The molecule has 1 aromatic carbocycles. The number of aryl methyl sites for hydroxylation is 1. The van der Waals surface area contributed by atoms with Crippen molar-refractivity contribution in [3.05, 3.63) is 36.0 Å². The van der Waals surface area contributed by atoms with Crippen LogP contribution in [-0.2, 0) is 17.2 Å². The lowest BCUT2D eigenvalue weighted by molar-refractivity contribution is -0.0291. The van der Waals surface area contributed by atoms with E-state index in [4.69, 9.17) is 4.74 Å². The summed E-state index contributed by atoms with van der Waals surface area (Å²) in [6.45, 7) is 1.02. The lowest BCUT2D eigenvalue weighted by Gasteiger charge is -2.34. The summed E-state index contributed by atoms with van der Waals surface area (Å²) >= 11 is 0. The number of rotatable bonds is 1. The Balaban J connectivity index is 2.29. The molecule has 80 valence electrons. The highest BCUT2D eigenvalue weighted by atomic mass is 16.5. The first-order valence-electron chi connectivity index (χ1n) is 5.30. The molecule has 3 nitrogen and oxygen atoms in total. The summed E-state index contributed by atoms with van der Waals surface area (Å²) in [4.78, 5) is 0. The number of aromatic nitrogens is 1. The maximum atomic E-state index is 9.32. The Bertz CT molecular complexity index is 587. The third-order valence-electron chi connectivity index (χ3n) is 3.32. The van der Waals surface area contributed by atoms with Gasteiger partial charge in [-0.1, -0.05) is 18.2 Å². The third-order valence-corrected chi connectivity index (χ3v) is 3.32. The van der Waals surface area contributed by atoms with E-state index in [1.165, 1.54) is 5.52 Å². The van der Waals surface area contributed by atoms with Crippen LogP contribution in [0.1, 0.15) is 5.56 Å². The molecule has 1 aliphatic heterocycles. The molecule has 3 heteroatoms. The number of hydrogen-bond donors (Lipinski definition) is 0. The first-order valence-corrected chi connectivity index (χ1v) is 5.30. The van der Waals surface area contributed by atoms with E-state index >= 15 is 0 Å². The van der Waals surface area contributed by atoms with Gasteiger partial charge in [-0.3, -0.25) is 0 Å². The van der Waals surface area contributed by atoms with Crippen molar-refractivity contribution in [1.29, 1.82) is 5.26 Å². The fourth-order valence-electron chi connectivity index (χ4n) is 2.31. The standard InChI is InChI=1S/C13H12N2O/c1-15-6-11(13(7-14)8-16-9-13)10-4-2-3-5-12(10)15/h2-6H,8-9H2,1H3. The van der Waals surface area contributed by atoms with Crippen molar-refractivity contribution in [2.24, 2.45) is 7.05 Å². The van der Waals surface area contributed by atoms with E-state index in [1.54, 1.807) is 0 Å². The van der Waals surface area contributed by atoms with Gasteiger partial charge in [-0.15, -0.1) is 0 Å². The number of benzene rings is 1. The fourth-order valence-corrected chi connectivity index (χ4v) is 2.31. The Kier molecular flexibility index (Phi) is 1.83. The van der Waals surface area contributed by atoms with Crippen molar-refractivity contribution in [3.8, 4) is 6.07 Å². The number of nitrogens with zero attached hydrogens (tertiary/aromatic N) is 2. The van der Waals surface area contributed by atoms with Gasteiger partial charge in [-0.2, -0.15) is 5.26 Å². The molecule has 2 aromatic rings. The van der Waals surface area contributed by atoms with E-state index in [1.807, 2.05) is 19.2 Å². The highest BCUT2D eigenvalue weighted by Crippen LogP contribution is 2.36. The topological polar surface area (TPSA) is 38.0 Å². The van der Waals surface area contributed by atoms with E-state index in [0.29, 0.717) is 13.2 Å². The van der Waals surface area contributed by atoms with Crippen molar-refractivity contribution in [2.45, 2.75) is 5.41 Å². The van der Waals surface area contributed by atoms with Crippen LogP contribution >= 0.6 is 0 Å². The van der Waals surface area contributed by atoms with Crippen LogP contribution in [0.5, 0.6) is 0 Å². The molecule has 1 saturated heterocycles. The van der Waals surface area contributed by atoms with Crippen LogP contribution in [0, 0.1) is 11.3 Å². The molecule has 3 rings (SSSR count). The number of fused-ring (bicyclic) bond motifs is 1. The largest absolute Gasteiger partial charge is 0.377 e. The first kappa shape index (κ1) is 9.44. The molecule has 1 aromatic heterocycles. The second kappa shape index (κ2) is 3.10. The van der Waals surface area contributed by atoms with Crippen LogP contribution in [0.25, 0.3) is 10.9 Å². The maximum Gasteiger partial charge on any atom is 0.131 e. The van der Waals surface area contributed by atoms with Crippen LogP contribution in [0.4, 0.5) is 0 Å². The predicted molar refractivity (Wildman–Crippen MR) is 61.0 cm³/mol. The van der Waals surface area contributed by atoms with Crippen molar-refractivity contribution in [3.63, 3.8) is 0 Å². The van der Waals surface area contributed by atoms with Crippen LogP contribution < -0.4 is 0 Å². The minimum absolute atomic E-state index is 0.430. The SMILES string of the molecule is Cn1cc(C2(C#N)COC2)c2ccccc21. The average Bonchev–Trinajstić information content (AvgIpc) is 2.58. The Labute approximate surface area is 93.9 Å². The summed E-state index contributed by atoms with van der Waals surface area (Å²) in [6.07, 6.45) is 2.05. The van der Waals surface area contributed by atoms with Gasteiger partial charge in [0.2, 0.25) is 0 Å². The molecule has 0 unspecified atom stereocenters. The van der Waals surface area contributed by atoms with Gasteiger partial charge in [0.15, 0.2) is 0 Å². The molecular formula is C13H12N2O. The number of nitriles is 1. The van der Waals surface area contributed by atoms with Gasteiger partial charge in [-0.05, 0) is 6.07 Å². The van der Waals surface area contributed by atoms with Crippen LogP contribution in [0.2, 0.25) is 0 Å². The van der Waals surface area contributed by atoms with Crippen molar-refractivity contribution in [1.82, 2.24) is 4.57 Å². The van der Waals surface area contributed by atoms with Gasteiger partial charge in [-0.25, -0.2) is 0 Å². The van der Waals surface area contributed by atoms with Gasteiger partial charge in [0.25, 0.3) is 0 Å². The summed E-state index contributed by atoms with van der Waals surface area (Å²) in [5, 5.41) is 10.5. The lowest BCUT2D eigenvalue weighted by atomic mass is 9.80. The van der Waals surface area contributed by atoms with Gasteiger partial charge >= 0.3 is 0 Å². The number of ether oxygens (including phenoxy) is 1. The van der Waals surface area contributed by atoms with Crippen LogP contribution in [0.3, 0.4) is 0 Å². The third kappa shape index (κ3) is 1.05. The fraction of sp³-hybridized carbons (Fsp3) is 0.308. The van der Waals surface area contributed by atoms with E-state index in [9.17, 15) is 5.26 Å². The minimum atomic E-state index is -0.430. The van der Waals surface area contributed by atoms with E-state index in [0.717, 1.165) is 10.9 Å². The summed E-state index contributed by atoms with van der Waals surface area (Å²) in [7, 11) is 2.01. The van der Waals surface area contributed by atoms with E-state index in [2.05, 4.69) is 29.0 Å². The van der Waals surface area contributed by atoms with Gasteiger partial charge < -0.3 is 9.30 Å². The molecule has 0 N–H and O–H groups in total. The predicted octanol–water partition coefficient (Wildman–Crippen LogP) is 1.97.